The molecule has 4 fully saturated rings. The van der Waals surface area contributed by atoms with Crippen LogP contribution in [0.5, 0.6) is 5.75 Å². The van der Waals surface area contributed by atoms with Crippen LogP contribution in [0.1, 0.15) is 49.7 Å². The predicted molar refractivity (Wildman–Crippen MR) is 105 cm³/mol. The Morgan fingerprint density at radius 1 is 0.808 bits per heavy atom. The van der Waals surface area contributed by atoms with Gasteiger partial charge in [0.25, 0.3) is 0 Å². The lowest BCUT2D eigenvalue weighted by Crippen LogP contribution is -2.58. The van der Waals surface area contributed by atoms with Gasteiger partial charge in [0, 0.05) is 12.1 Å². The second kappa shape index (κ2) is 6.74. The lowest BCUT2D eigenvalue weighted by molar-refractivity contribution is -0.0206. The summed E-state index contributed by atoms with van der Waals surface area (Å²) >= 11 is 0. The van der Waals surface area contributed by atoms with Crippen LogP contribution in [0.25, 0.3) is 0 Å². The van der Waals surface area contributed by atoms with Crippen LogP contribution in [0.2, 0.25) is 0 Å². The van der Waals surface area contributed by atoms with Crippen LogP contribution in [0.4, 0.5) is 0 Å². The maximum Gasteiger partial charge on any atom is 0.120 e. The van der Waals surface area contributed by atoms with Gasteiger partial charge in [0.05, 0.1) is 0 Å². The lowest BCUT2D eigenvalue weighted by atomic mass is 9.53. The highest BCUT2D eigenvalue weighted by Crippen LogP contribution is 2.55. The third kappa shape index (κ3) is 3.40. The van der Waals surface area contributed by atoms with Gasteiger partial charge in [-0.1, -0.05) is 42.5 Å². The lowest BCUT2D eigenvalue weighted by Gasteiger charge is -2.57. The molecule has 26 heavy (non-hydrogen) atoms. The molecule has 4 aliphatic rings. The predicted octanol–water partition coefficient (Wildman–Crippen LogP) is 5.32. The van der Waals surface area contributed by atoms with Crippen molar-refractivity contribution < 1.29 is 4.74 Å². The molecule has 4 bridgehead atoms. The first-order valence-electron chi connectivity index (χ1n) is 10.3. The molecule has 0 aliphatic heterocycles. The standard InChI is InChI=1S/C24H29NO/c1-2-5-18(6-3-1)17-26-23-8-4-7-19(12-23)16-25-24-13-20-9-21(14-24)11-22(10-20)15-24/h1-8,12,20-22,25H,9-11,13-17H2. The molecule has 0 heterocycles. The zero-order valence-electron chi connectivity index (χ0n) is 15.5. The van der Waals surface area contributed by atoms with Crippen molar-refractivity contribution in [3.8, 4) is 5.75 Å². The van der Waals surface area contributed by atoms with Crippen molar-refractivity contribution in [3.05, 3.63) is 65.7 Å². The summed E-state index contributed by atoms with van der Waals surface area (Å²) in [5.74, 6) is 3.96. The minimum atomic E-state index is 0.426. The van der Waals surface area contributed by atoms with Crippen molar-refractivity contribution in [2.24, 2.45) is 17.8 Å². The Balaban J connectivity index is 1.21. The molecule has 0 radical (unpaired) electrons. The zero-order chi connectivity index (χ0) is 17.4. The second-order valence-electron chi connectivity index (χ2n) is 8.97. The zero-order valence-corrected chi connectivity index (χ0v) is 15.5. The van der Waals surface area contributed by atoms with E-state index in [0.29, 0.717) is 12.1 Å². The van der Waals surface area contributed by atoms with Gasteiger partial charge in [-0.3, -0.25) is 0 Å². The molecule has 2 nitrogen and oxygen atoms in total. The van der Waals surface area contributed by atoms with Gasteiger partial charge in [-0.05, 0) is 79.5 Å². The summed E-state index contributed by atoms with van der Waals surface area (Å²) in [7, 11) is 0. The highest BCUT2D eigenvalue weighted by atomic mass is 16.5. The summed E-state index contributed by atoms with van der Waals surface area (Å²) in [5, 5.41) is 3.99. The molecular formula is C24H29NO. The largest absolute Gasteiger partial charge is 0.489 e. The summed E-state index contributed by atoms with van der Waals surface area (Å²) in [6, 6.07) is 19.0. The van der Waals surface area contributed by atoms with E-state index in [9.17, 15) is 0 Å². The Bertz CT molecular complexity index is 719. The van der Waals surface area contributed by atoms with Gasteiger partial charge >= 0.3 is 0 Å². The normalized spacial score (nSPS) is 31.9. The van der Waals surface area contributed by atoms with E-state index in [-0.39, 0.29) is 0 Å². The molecule has 0 amide bonds. The maximum absolute atomic E-state index is 6.00. The average molecular weight is 348 g/mol. The number of benzene rings is 2. The first-order valence-corrected chi connectivity index (χ1v) is 10.3. The van der Waals surface area contributed by atoms with Crippen LogP contribution >= 0.6 is 0 Å². The summed E-state index contributed by atoms with van der Waals surface area (Å²) < 4.78 is 6.00. The summed E-state index contributed by atoms with van der Waals surface area (Å²) in [5.41, 5.74) is 2.98. The fourth-order valence-corrected chi connectivity index (χ4v) is 6.10. The first-order chi connectivity index (χ1) is 12.8. The van der Waals surface area contributed by atoms with Crippen LogP contribution in [0.15, 0.2) is 54.6 Å². The van der Waals surface area contributed by atoms with Crippen molar-refractivity contribution in [2.75, 3.05) is 0 Å². The first kappa shape index (κ1) is 16.4. The number of hydrogen-bond acceptors (Lipinski definition) is 2. The van der Waals surface area contributed by atoms with Gasteiger partial charge in [-0.15, -0.1) is 0 Å². The molecule has 2 heteroatoms. The van der Waals surface area contributed by atoms with E-state index >= 15 is 0 Å². The van der Waals surface area contributed by atoms with E-state index in [1.165, 1.54) is 49.7 Å². The molecule has 4 saturated carbocycles. The number of rotatable bonds is 6. The van der Waals surface area contributed by atoms with Crippen LogP contribution in [0, 0.1) is 17.8 Å². The summed E-state index contributed by atoms with van der Waals surface area (Å²) in [6.07, 6.45) is 8.73. The van der Waals surface area contributed by atoms with Gasteiger partial charge in [0.1, 0.15) is 12.4 Å². The molecule has 0 spiro atoms. The quantitative estimate of drug-likeness (QED) is 0.763. The molecule has 2 aromatic carbocycles. The highest BCUT2D eigenvalue weighted by Gasteiger charge is 2.50. The van der Waals surface area contributed by atoms with Gasteiger partial charge < -0.3 is 10.1 Å². The van der Waals surface area contributed by atoms with E-state index in [4.69, 9.17) is 4.74 Å². The van der Waals surface area contributed by atoms with E-state index in [1.807, 2.05) is 6.07 Å². The fraction of sp³-hybridized carbons (Fsp3) is 0.500. The second-order valence-corrected chi connectivity index (χ2v) is 8.97. The molecule has 136 valence electrons. The molecule has 0 unspecified atom stereocenters. The SMILES string of the molecule is c1ccc(COc2cccc(CNC34CC5CC(CC(C5)C3)C4)c2)cc1. The molecule has 6 rings (SSSR count). The fourth-order valence-electron chi connectivity index (χ4n) is 6.10. The van der Waals surface area contributed by atoms with E-state index in [0.717, 1.165) is 30.0 Å². The van der Waals surface area contributed by atoms with E-state index in [2.05, 4.69) is 53.8 Å². The van der Waals surface area contributed by atoms with Crippen LogP contribution < -0.4 is 10.1 Å². The average Bonchev–Trinajstić information content (AvgIpc) is 2.65. The topological polar surface area (TPSA) is 21.3 Å². The third-order valence-electron chi connectivity index (χ3n) is 6.85. The minimum Gasteiger partial charge on any atom is -0.489 e. The molecule has 2 aromatic rings. The Kier molecular flexibility index (Phi) is 4.24. The van der Waals surface area contributed by atoms with Crippen LogP contribution in [0.3, 0.4) is 0 Å². The highest BCUT2D eigenvalue weighted by molar-refractivity contribution is 5.29. The summed E-state index contributed by atoms with van der Waals surface area (Å²) in [4.78, 5) is 0. The Hall–Kier alpha value is -1.80. The van der Waals surface area contributed by atoms with E-state index < -0.39 is 0 Å². The Morgan fingerprint density at radius 2 is 1.46 bits per heavy atom. The van der Waals surface area contributed by atoms with Crippen LogP contribution in [-0.4, -0.2) is 5.54 Å². The number of hydrogen-bond donors (Lipinski definition) is 1. The van der Waals surface area contributed by atoms with E-state index in [1.54, 1.807) is 0 Å². The molecule has 0 aromatic heterocycles. The van der Waals surface area contributed by atoms with Crippen molar-refractivity contribution in [1.29, 1.82) is 0 Å². The smallest absolute Gasteiger partial charge is 0.120 e. The number of ether oxygens (including phenoxy) is 1. The molecule has 1 N–H and O–H groups in total. The monoisotopic (exact) mass is 347 g/mol. The maximum atomic E-state index is 6.00. The van der Waals surface area contributed by atoms with Crippen molar-refractivity contribution in [2.45, 2.75) is 57.2 Å². The number of nitrogens with one attached hydrogen (secondary N) is 1. The van der Waals surface area contributed by atoms with Crippen LogP contribution in [-0.2, 0) is 13.2 Å². The van der Waals surface area contributed by atoms with Gasteiger partial charge in [-0.25, -0.2) is 0 Å². The Morgan fingerprint density at radius 3 is 2.15 bits per heavy atom. The minimum absolute atomic E-state index is 0.426. The Labute approximate surface area is 157 Å². The van der Waals surface area contributed by atoms with Crippen molar-refractivity contribution >= 4 is 0 Å². The molecular weight excluding hydrogens is 318 g/mol. The van der Waals surface area contributed by atoms with Crippen molar-refractivity contribution in [3.63, 3.8) is 0 Å². The van der Waals surface area contributed by atoms with Gasteiger partial charge in [0.2, 0.25) is 0 Å². The van der Waals surface area contributed by atoms with Gasteiger partial charge in [-0.2, -0.15) is 0 Å². The molecule has 0 saturated heterocycles. The third-order valence-corrected chi connectivity index (χ3v) is 6.85. The molecule has 4 aliphatic carbocycles. The van der Waals surface area contributed by atoms with Crippen molar-refractivity contribution in [1.82, 2.24) is 5.32 Å². The van der Waals surface area contributed by atoms with Gasteiger partial charge in [0.15, 0.2) is 0 Å². The summed E-state index contributed by atoms with van der Waals surface area (Å²) in [6.45, 7) is 1.60. The molecule has 0 atom stereocenters.